The van der Waals surface area contributed by atoms with E-state index < -0.39 is 11.2 Å². The first-order valence-corrected chi connectivity index (χ1v) is 8.33. The first-order chi connectivity index (χ1) is 11.4. The molecule has 1 unspecified atom stereocenters. The van der Waals surface area contributed by atoms with Crippen LogP contribution in [0.3, 0.4) is 0 Å². The summed E-state index contributed by atoms with van der Waals surface area (Å²) in [6, 6.07) is 3.48. The van der Waals surface area contributed by atoms with Gasteiger partial charge >= 0.3 is 5.97 Å². The molecule has 10 heteroatoms. The first-order valence-electron chi connectivity index (χ1n) is 6.66. The van der Waals surface area contributed by atoms with Crippen molar-refractivity contribution >= 4 is 51.0 Å². The van der Waals surface area contributed by atoms with Crippen LogP contribution in [0.2, 0.25) is 0 Å². The van der Waals surface area contributed by atoms with Crippen molar-refractivity contribution in [3.05, 3.63) is 22.2 Å². The van der Waals surface area contributed by atoms with Crippen molar-refractivity contribution < 1.29 is 24.2 Å². The maximum Gasteiger partial charge on any atom is 0.305 e. The highest BCUT2D eigenvalue weighted by Gasteiger charge is 2.32. The number of aliphatic carboxylic acids is 1. The van der Waals surface area contributed by atoms with Crippen molar-refractivity contribution in [2.45, 2.75) is 11.7 Å². The minimum atomic E-state index is -1.04. The third-order valence-electron chi connectivity index (χ3n) is 2.96. The maximum atomic E-state index is 11.6. The maximum absolute atomic E-state index is 11.6. The average Bonchev–Trinajstić information content (AvgIpc) is 2.87. The highest BCUT2D eigenvalue weighted by molar-refractivity contribution is 9.10. The van der Waals surface area contributed by atoms with Crippen LogP contribution in [0, 0.1) is 0 Å². The molecule has 0 aliphatic carbocycles. The molecule has 1 heterocycles. The number of halogens is 1. The van der Waals surface area contributed by atoms with Crippen LogP contribution in [0.15, 0.2) is 26.8 Å². The molecular weight excluding hydrogens is 402 g/mol. The number of rotatable bonds is 6. The van der Waals surface area contributed by atoms with E-state index in [2.05, 4.69) is 31.4 Å². The van der Waals surface area contributed by atoms with Gasteiger partial charge in [0.15, 0.2) is 5.17 Å². The second-order valence-corrected chi connectivity index (χ2v) is 6.57. The molecule has 128 valence electrons. The van der Waals surface area contributed by atoms with Gasteiger partial charge in [-0.15, -0.1) is 5.10 Å². The third-order valence-corrected chi connectivity index (χ3v) is 4.81. The molecular formula is C14H14BrN3O5S. The van der Waals surface area contributed by atoms with E-state index in [1.165, 1.54) is 20.4 Å². The topological polar surface area (TPSA) is 110 Å². The van der Waals surface area contributed by atoms with E-state index in [0.717, 1.165) is 11.8 Å². The lowest BCUT2D eigenvalue weighted by molar-refractivity contribution is -0.138. The average molecular weight is 416 g/mol. The molecule has 1 atom stereocenters. The molecule has 1 aromatic rings. The first kappa shape index (κ1) is 18.3. The summed E-state index contributed by atoms with van der Waals surface area (Å²) < 4.78 is 11.2. The number of hydrogen-bond donors (Lipinski definition) is 2. The molecule has 24 heavy (non-hydrogen) atoms. The Balaban J connectivity index is 2.12. The molecule has 1 fully saturated rings. The van der Waals surface area contributed by atoms with Gasteiger partial charge in [0.1, 0.15) is 21.2 Å². The van der Waals surface area contributed by atoms with Crippen LogP contribution in [0.25, 0.3) is 0 Å². The fourth-order valence-corrected chi connectivity index (χ4v) is 3.33. The Morgan fingerprint density at radius 2 is 2.04 bits per heavy atom. The largest absolute Gasteiger partial charge is 0.495 e. The summed E-state index contributed by atoms with van der Waals surface area (Å²) in [4.78, 5) is 22.3. The van der Waals surface area contributed by atoms with E-state index in [-0.39, 0.29) is 17.5 Å². The smallest absolute Gasteiger partial charge is 0.305 e. The Kier molecular flexibility index (Phi) is 6.21. The van der Waals surface area contributed by atoms with Gasteiger partial charge in [0.2, 0.25) is 5.91 Å². The predicted octanol–water partition coefficient (Wildman–Crippen LogP) is 1.86. The molecule has 8 nitrogen and oxygen atoms in total. The number of carboxylic acids is 1. The summed E-state index contributed by atoms with van der Waals surface area (Å²) in [5.74, 6) is -0.271. The second kappa shape index (κ2) is 8.15. The summed E-state index contributed by atoms with van der Waals surface area (Å²) in [5, 5.41) is 18.6. The minimum absolute atomic E-state index is 0.263. The van der Waals surface area contributed by atoms with E-state index in [1.807, 2.05) is 0 Å². The number of carboxylic acid groups (broad SMARTS) is 1. The molecule has 1 aromatic carbocycles. The van der Waals surface area contributed by atoms with E-state index in [4.69, 9.17) is 14.6 Å². The Labute approximate surface area is 150 Å². The number of nitrogens with one attached hydrogen (secondary N) is 1. The van der Waals surface area contributed by atoms with Gasteiger partial charge in [0, 0.05) is 5.56 Å². The summed E-state index contributed by atoms with van der Waals surface area (Å²) in [6.07, 6.45) is 1.21. The molecule has 0 bridgehead atoms. The van der Waals surface area contributed by atoms with E-state index >= 15 is 0 Å². The van der Waals surface area contributed by atoms with Crippen LogP contribution >= 0.6 is 27.7 Å². The van der Waals surface area contributed by atoms with Crippen LogP contribution in [0.1, 0.15) is 12.0 Å². The number of ether oxygens (including phenoxy) is 2. The van der Waals surface area contributed by atoms with Crippen molar-refractivity contribution in [3.8, 4) is 11.5 Å². The number of nitrogens with zero attached hydrogens (tertiary/aromatic N) is 2. The lowest BCUT2D eigenvalue weighted by atomic mass is 10.2. The number of amidine groups is 1. The lowest BCUT2D eigenvalue weighted by Gasteiger charge is -2.09. The molecule has 0 saturated carbocycles. The van der Waals surface area contributed by atoms with Crippen LogP contribution in [0.4, 0.5) is 0 Å². The van der Waals surface area contributed by atoms with Crippen LogP contribution in [0.5, 0.6) is 11.5 Å². The Morgan fingerprint density at radius 3 is 2.58 bits per heavy atom. The van der Waals surface area contributed by atoms with Gasteiger partial charge in [0.05, 0.1) is 26.9 Å². The van der Waals surface area contributed by atoms with Crippen molar-refractivity contribution in [3.63, 3.8) is 0 Å². The Bertz CT molecular complexity index is 697. The molecule has 0 spiro atoms. The highest BCUT2D eigenvalue weighted by atomic mass is 79.9. The molecule has 1 aliphatic rings. The van der Waals surface area contributed by atoms with Crippen molar-refractivity contribution in [2.75, 3.05) is 14.2 Å². The van der Waals surface area contributed by atoms with Crippen LogP contribution < -0.4 is 14.8 Å². The van der Waals surface area contributed by atoms with Crippen molar-refractivity contribution in [1.82, 2.24) is 5.32 Å². The van der Waals surface area contributed by atoms with Crippen molar-refractivity contribution in [1.29, 1.82) is 0 Å². The zero-order valence-corrected chi connectivity index (χ0v) is 15.2. The normalized spacial score (nSPS) is 18.9. The molecule has 0 aromatic heterocycles. The van der Waals surface area contributed by atoms with Gasteiger partial charge in [-0.1, -0.05) is 11.8 Å². The van der Waals surface area contributed by atoms with Gasteiger partial charge in [-0.2, -0.15) is 5.10 Å². The summed E-state index contributed by atoms with van der Waals surface area (Å²) in [5.41, 5.74) is 0.688. The zero-order valence-electron chi connectivity index (χ0n) is 12.8. The lowest BCUT2D eigenvalue weighted by Crippen LogP contribution is -2.26. The molecule has 2 N–H and O–H groups in total. The van der Waals surface area contributed by atoms with Crippen molar-refractivity contribution in [2.24, 2.45) is 10.2 Å². The zero-order chi connectivity index (χ0) is 17.7. The van der Waals surface area contributed by atoms with E-state index in [1.54, 1.807) is 12.1 Å². The van der Waals surface area contributed by atoms with Crippen LogP contribution in [-0.2, 0) is 9.59 Å². The van der Waals surface area contributed by atoms with Gasteiger partial charge in [-0.05, 0) is 28.1 Å². The Morgan fingerprint density at radius 1 is 1.42 bits per heavy atom. The Hall–Kier alpha value is -2.07. The molecule has 1 aliphatic heterocycles. The number of benzene rings is 1. The highest BCUT2D eigenvalue weighted by Crippen LogP contribution is 2.35. The monoisotopic (exact) mass is 415 g/mol. The van der Waals surface area contributed by atoms with Gasteiger partial charge in [-0.3, -0.25) is 9.59 Å². The number of hydrogen-bond acceptors (Lipinski definition) is 7. The standard InChI is InChI=1S/C14H14BrN3O5S/c1-22-8-3-7(4-9(23-2)12(8)15)6-16-18-14-17-13(21)10(24-14)5-11(19)20/h3-4,6,10H,5H2,1-2H3,(H,19,20)(H,17,18,21). The minimum Gasteiger partial charge on any atom is -0.495 e. The SMILES string of the molecule is COc1cc(C=NN=C2NC(=O)C(CC(=O)O)S2)cc(OC)c1Br. The summed E-state index contributed by atoms with van der Waals surface area (Å²) in [7, 11) is 3.07. The number of amides is 1. The predicted molar refractivity (Wildman–Crippen MR) is 94.0 cm³/mol. The molecule has 1 saturated heterocycles. The summed E-state index contributed by atoms with van der Waals surface area (Å²) >= 11 is 4.41. The van der Waals surface area contributed by atoms with Crippen LogP contribution in [-0.4, -0.2) is 47.8 Å². The summed E-state index contributed by atoms with van der Waals surface area (Å²) in [6.45, 7) is 0. The van der Waals surface area contributed by atoms with Gasteiger partial charge in [-0.25, -0.2) is 0 Å². The van der Waals surface area contributed by atoms with E-state index in [9.17, 15) is 9.59 Å². The van der Waals surface area contributed by atoms with Gasteiger partial charge in [0.25, 0.3) is 0 Å². The fourth-order valence-electron chi connectivity index (χ4n) is 1.86. The quantitative estimate of drug-likeness (QED) is 0.541. The third kappa shape index (κ3) is 4.48. The van der Waals surface area contributed by atoms with Gasteiger partial charge < -0.3 is 19.9 Å². The molecule has 0 radical (unpaired) electrons. The molecule has 1 amide bonds. The fraction of sp³-hybridized carbons (Fsp3) is 0.286. The number of carbonyl (C=O) groups is 2. The van der Waals surface area contributed by atoms with E-state index in [0.29, 0.717) is 21.5 Å². The number of carbonyl (C=O) groups excluding carboxylic acids is 1. The number of thioether (sulfide) groups is 1. The number of methoxy groups -OCH3 is 2. The molecule has 2 rings (SSSR count). The second-order valence-electron chi connectivity index (χ2n) is 4.58.